The quantitative estimate of drug-likeness (QED) is 0.0261. The third kappa shape index (κ3) is 57.4. The number of hydrogen-bond acceptors (Lipinski definition) is 6. The highest BCUT2D eigenvalue weighted by Crippen LogP contribution is 2.11. The van der Waals surface area contributed by atoms with Crippen LogP contribution in [0, 0.1) is 0 Å². The molecule has 0 aromatic heterocycles. The molecular formula is C68H102O6. The van der Waals surface area contributed by atoms with Gasteiger partial charge < -0.3 is 14.2 Å². The van der Waals surface area contributed by atoms with Crippen molar-refractivity contribution in [2.45, 2.75) is 213 Å². The largest absolute Gasteiger partial charge is 0.462 e. The summed E-state index contributed by atoms with van der Waals surface area (Å²) in [6.07, 6.45) is 90.7. The van der Waals surface area contributed by atoms with Crippen molar-refractivity contribution < 1.29 is 28.6 Å². The molecule has 74 heavy (non-hydrogen) atoms. The lowest BCUT2D eigenvalue weighted by atomic mass is 10.1. The van der Waals surface area contributed by atoms with Crippen LogP contribution in [0.3, 0.4) is 0 Å². The fraction of sp³-hybridized carbons (Fsp3) is 0.515. The highest BCUT2D eigenvalue weighted by Gasteiger charge is 2.19. The van der Waals surface area contributed by atoms with Crippen LogP contribution in [-0.4, -0.2) is 37.2 Å². The first-order chi connectivity index (χ1) is 36.5. The van der Waals surface area contributed by atoms with Crippen LogP contribution in [0.5, 0.6) is 0 Å². The zero-order chi connectivity index (χ0) is 53.6. The van der Waals surface area contributed by atoms with E-state index in [9.17, 15) is 14.4 Å². The number of hydrogen-bond donors (Lipinski definition) is 0. The fourth-order valence-corrected chi connectivity index (χ4v) is 6.92. The van der Waals surface area contributed by atoms with Gasteiger partial charge in [-0.3, -0.25) is 14.4 Å². The Morgan fingerprint density at radius 3 is 0.919 bits per heavy atom. The Hall–Kier alpha value is -5.49. The third-order valence-electron chi connectivity index (χ3n) is 11.1. The molecule has 0 bridgehead atoms. The van der Waals surface area contributed by atoms with Crippen molar-refractivity contribution in [1.82, 2.24) is 0 Å². The van der Waals surface area contributed by atoms with Gasteiger partial charge in [0.25, 0.3) is 0 Å². The molecule has 0 saturated carbocycles. The summed E-state index contributed by atoms with van der Waals surface area (Å²) in [6.45, 7) is 6.19. The summed E-state index contributed by atoms with van der Waals surface area (Å²) in [6, 6.07) is 0. The van der Waals surface area contributed by atoms with Crippen molar-refractivity contribution in [1.29, 1.82) is 0 Å². The molecule has 6 nitrogen and oxygen atoms in total. The zero-order valence-electron chi connectivity index (χ0n) is 46.8. The van der Waals surface area contributed by atoms with E-state index in [2.05, 4.69) is 191 Å². The lowest BCUT2D eigenvalue weighted by molar-refractivity contribution is -0.166. The Bertz CT molecular complexity index is 1780. The summed E-state index contributed by atoms with van der Waals surface area (Å²) in [5, 5.41) is 0. The number of carbonyl (C=O) groups is 3. The number of unbranched alkanes of at least 4 members (excludes halogenated alkanes) is 9. The highest BCUT2D eigenvalue weighted by molar-refractivity contribution is 5.72. The van der Waals surface area contributed by atoms with Gasteiger partial charge in [-0.25, -0.2) is 0 Å². The van der Waals surface area contributed by atoms with Crippen molar-refractivity contribution in [3.8, 4) is 0 Å². The summed E-state index contributed by atoms with van der Waals surface area (Å²) >= 11 is 0. The van der Waals surface area contributed by atoms with Crippen LogP contribution >= 0.6 is 0 Å². The molecule has 0 aromatic carbocycles. The Morgan fingerprint density at radius 2 is 0.568 bits per heavy atom. The Morgan fingerprint density at radius 1 is 0.297 bits per heavy atom. The molecule has 1 atom stereocenters. The van der Waals surface area contributed by atoms with Crippen molar-refractivity contribution in [3.63, 3.8) is 0 Å². The Labute approximate surface area is 453 Å². The Balaban J connectivity index is 4.43. The van der Waals surface area contributed by atoms with Crippen molar-refractivity contribution in [2.75, 3.05) is 13.2 Å². The minimum Gasteiger partial charge on any atom is -0.462 e. The fourth-order valence-electron chi connectivity index (χ4n) is 6.92. The van der Waals surface area contributed by atoms with Crippen LogP contribution in [-0.2, 0) is 28.6 Å². The molecule has 0 radical (unpaired) electrons. The van der Waals surface area contributed by atoms with Gasteiger partial charge in [-0.15, -0.1) is 0 Å². The summed E-state index contributed by atoms with van der Waals surface area (Å²) in [5.41, 5.74) is 0. The predicted octanol–water partition coefficient (Wildman–Crippen LogP) is 19.7. The van der Waals surface area contributed by atoms with Crippen LogP contribution < -0.4 is 0 Å². The van der Waals surface area contributed by atoms with Gasteiger partial charge in [0.2, 0.25) is 0 Å². The van der Waals surface area contributed by atoms with Gasteiger partial charge in [-0.05, 0) is 135 Å². The number of carbonyl (C=O) groups excluding carboxylic acids is 3. The zero-order valence-corrected chi connectivity index (χ0v) is 46.8. The molecule has 0 rings (SSSR count). The van der Waals surface area contributed by atoms with Crippen LogP contribution in [0.1, 0.15) is 207 Å². The maximum Gasteiger partial charge on any atom is 0.310 e. The second kappa shape index (κ2) is 60.1. The van der Waals surface area contributed by atoms with Gasteiger partial charge in [-0.2, -0.15) is 0 Å². The first kappa shape index (κ1) is 68.5. The van der Waals surface area contributed by atoms with Crippen LogP contribution in [0.15, 0.2) is 182 Å². The average molecular weight is 1020 g/mol. The van der Waals surface area contributed by atoms with E-state index in [0.717, 1.165) is 148 Å². The molecule has 0 saturated heterocycles. The summed E-state index contributed by atoms with van der Waals surface area (Å²) < 4.78 is 16.6. The third-order valence-corrected chi connectivity index (χ3v) is 11.1. The first-order valence-corrected chi connectivity index (χ1v) is 28.8. The molecule has 0 aliphatic heterocycles. The number of ether oxygens (including phenoxy) is 3. The molecule has 0 fully saturated rings. The van der Waals surface area contributed by atoms with E-state index in [1.165, 1.54) is 12.8 Å². The standard InChI is InChI=1S/C68H102O6/c1-4-7-10-13-16-19-22-24-26-27-28-29-30-31-32-33-34-35-36-37-38-39-40-41-43-44-46-49-52-55-58-61-67(70)73-64-65(63-72-66(69)60-57-54-51-48-21-18-15-12-9-6-3)74-68(71)62-59-56-53-50-47-45-42-25-23-20-17-14-11-8-5-2/h7-8,10-12,15-17,19-20,24-26,28-29,31-32,34-35,37-38,40-42,44,46-47,50,56,59,65H,4-6,9,13-14,18,21-23,27,30,33,36,39,43,45,48-49,51-55,57-58,60-64H2,1-3H3/b10-7-,11-8-,15-12-,19-16-,20-17-,26-24-,29-28-,32-31-,35-34-,38-37-,41-40-,42-25-,46-44-,50-47-,59-56-. The van der Waals surface area contributed by atoms with E-state index in [0.29, 0.717) is 12.8 Å². The molecule has 0 N–H and O–H groups in total. The molecule has 0 aromatic rings. The van der Waals surface area contributed by atoms with E-state index in [4.69, 9.17) is 14.2 Å². The van der Waals surface area contributed by atoms with Gasteiger partial charge in [0.1, 0.15) is 13.2 Å². The van der Waals surface area contributed by atoms with Crippen LogP contribution in [0.25, 0.3) is 0 Å². The molecule has 0 aliphatic rings. The normalized spacial score (nSPS) is 13.5. The van der Waals surface area contributed by atoms with Crippen LogP contribution in [0.4, 0.5) is 0 Å². The predicted molar refractivity (Wildman–Crippen MR) is 320 cm³/mol. The molecule has 410 valence electrons. The average Bonchev–Trinajstić information content (AvgIpc) is 3.40. The monoisotopic (exact) mass is 1010 g/mol. The lowest BCUT2D eigenvalue weighted by Gasteiger charge is -2.18. The molecule has 0 aliphatic carbocycles. The van der Waals surface area contributed by atoms with E-state index in [-0.39, 0.29) is 38.0 Å². The Kier molecular flexibility index (Phi) is 55.6. The second-order valence-corrected chi connectivity index (χ2v) is 18.1. The van der Waals surface area contributed by atoms with E-state index in [1.807, 2.05) is 6.08 Å². The van der Waals surface area contributed by atoms with Crippen molar-refractivity contribution >= 4 is 17.9 Å². The van der Waals surface area contributed by atoms with Gasteiger partial charge in [0.05, 0.1) is 6.42 Å². The summed E-state index contributed by atoms with van der Waals surface area (Å²) in [7, 11) is 0. The highest BCUT2D eigenvalue weighted by atomic mass is 16.6. The van der Waals surface area contributed by atoms with Gasteiger partial charge >= 0.3 is 17.9 Å². The maximum atomic E-state index is 12.8. The van der Waals surface area contributed by atoms with Crippen molar-refractivity contribution in [3.05, 3.63) is 182 Å². The minimum atomic E-state index is -0.859. The second-order valence-electron chi connectivity index (χ2n) is 18.1. The van der Waals surface area contributed by atoms with Gasteiger partial charge in [-0.1, -0.05) is 235 Å². The SMILES string of the molecule is CC/C=C\C/C=C\C/C=C\C/C=C\C/C=C\C/C=C\C/C=C\C/C=C\C/C=C\CCCCCC(=O)OCC(COC(=O)CCCCCCC/C=C\CCC)OC(=O)C/C=C\C/C=C\C/C=C\C/C=C\C/C=C\CC. The summed E-state index contributed by atoms with van der Waals surface area (Å²) in [4.78, 5) is 38.0. The van der Waals surface area contributed by atoms with E-state index >= 15 is 0 Å². The summed E-state index contributed by atoms with van der Waals surface area (Å²) in [5.74, 6) is -1.13. The lowest BCUT2D eigenvalue weighted by Crippen LogP contribution is -2.30. The molecular weight excluding hydrogens is 913 g/mol. The van der Waals surface area contributed by atoms with Crippen LogP contribution in [0.2, 0.25) is 0 Å². The molecule has 0 heterocycles. The van der Waals surface area contributed by atoms with E-state index in [1.54, 1.807) is 6.08 Å². The number of rotatable bonds is 49. The van der Waals surface area contributed by atoms with Gasteiger partial charge in [0.15, 0.2) is 6.10 Å². The maximum absolute atomic E-state index is 12.8. The smallest absolute Gasteiger partial charge is 0.310 e. The van der Waals surface area contributed by atoms with Crippen molar-refractivity contribution in [2.24, 2.45) is 0 Å². The molecule has 1 unspecified atom stereocenters. The van der Waals surface area contributed by atoms with Gasteiger partial charge in [0, 0.05) is 12.8 Å². The number of allylic oxidation sites excluding steroid dienone is 29. The minimum absolute atomic E-state index is 0.0781. The molecule has 0 spiro atoms. The van der Waals surface area contributed by atoms with E-state index < -0.39 is 12.1 Å². The first-order valence-electron chi connectivity index (χ1n) is 28.8. The molecule has 0 amide bonds. The number of esters is 3. The molecule has 6 heteroatoms. The topological polar surface area (TPSA) is 78.9 Å².